The number of hydrogen-bond donors (Lipinski definition) is 2. The number of carbonyl (C=O) groups excluding carboxylic acids is 2. The van der Waals surface area contributed by atoms with Gasteiger partial charge in [0.25, 0.3) is 0 Å². The molecular formula is C19H21ClN2O2. The number of halogens is 1. The maximum atomic E-state index is 12.4. The van der Waals surface area contributed by atoms with Gasteiger partial charge in [0, 0.05) is 17.6 Å². The third-order valence-corrected chi connectivity index (χ3v) is 4.06. The molecule has 1 unspecified atom stereocenters. The van der Waals surface area contributed by atoms with Crippen molar-refractivity contribution in [2.75, 3.05) is 5.32 Å². The van der Waals surface area contributed by atoms with E-state index >= 15 is 0 Å². The van der Waals surface area contributed by atoms with Crippen LogP contribution in [-0.2, 0) is 9.59 Å². The summed E-state index contributed by atoms with van der Waals surface area (Å²) in [5.74, 6) is -0.387. The zero-order valence-corrected chi connectivity index (χ0v) is 14.8. The Morgan fingerprint density at radius 3 is 2.50 bits per heavy atom. The summed E-state index contributed by atoms with van der Waals surface area (Å²) >= 11 is 6.21. The predicted molar refractivity (Wildman–Crippen MR) is 97.2 cm³/mol. The molecule has 126 valence electrons. The van der Waals surface area contributed by atoms with Crippen LogP contribution in [-0.4, -0.2) is 11.8 Å². The zero-order valence-electron chi connectivity index (χ0n) is 14.0. The van der Waals surface area contributed by atoms with E-state index < -0.39 is 6.04 Å². The van der Waals surface area contributed by atoms with Crippen molar-refractivity contribution in [1.29, 1.82) is 0 Å². The first-order valence-electron chi connectivity index (χ1n) is 7.75. The molecule has 0 fully saturated rings. The SMILES string of the molecule is CC(=O)NC(CC(=O)Nc1cc(C)ccc1C)c1ccccc1Cl. The van der Waals surface area contributed by atoms with Gasteiger partial charge in [-0.05, 0) is 42.7 Å². The number of rotatable bonds is 5. The highest BCUT2D eigenvalue weighted by atomic mass is 35.5. The summed E-state index contributed by atoms with van der Waals surface area (Å²) < 4.78 is 0. The quantitative estimate of drug-likeness (QED) is 0.855. The third kappa shape index (κ3) is 4.83. The van der Waals surface area contributed by atoms with E-state index in [9.17, 15) is 9.59 Å². The number of anilines is 1. The third-order valence-electron chi connectivity index (χ3n) is 3.71. The van der Waals surface area contributed by atoms with Crippen LogP contribution in [0.4, 0.5) is 5.69 Å². The van der Waals surface area contributed by atoms with Crippen molar-refractivity contribution in [3.05, 3.63) is 64.2 Å². The molecule has 0 saturated heterocycles. The molecule has 2 N–H and O–H groups in total. The van der Waals surface area contributed by atoms with Crippen LogP contribution < -0.4 is 10.6 Å². The van der Waals surface area contributed by atoms with E-state index in [1.165, 1.54) is 6.92 Å². The summed E-state index contributed by atoms with van der Waals surface area (Å²) in [5, 5.41) is 6.23. The van der Waals surface area contributed by atoms with Gasteiger partial charge in [-0.15, -0.1) is 0 Å². The highest BCUT2D eigenvalue weighted by Gasteiger charge is 2.19. The van der Waals surface area contributed by atoms with Gasteiger partial charge in [-0.25, -0.2) is 0 Å². The fourth-order valence-electron chi connectivity index (χ4n) is 2.50. The summed E-state index contributed by atoms with van der Waals surface area (Å²) in [5.41, 5.74) is 3.56. The maximum absolute atomic E-state index is 12.4. The number of carbonyl (C=O) groups is 2. The summed E-state index contributed by atoms with van der Waals surface area (Å²) in [4.78, 5) is 23.9. The number of nitrogens with one attached hydrogen (secondary N) is 2. The average Bonchev–Trinajstić information content (AvgIpc) is 2.50. The largest absolute Gasteiger partial charge is 0.349 e. The number of benzene rings is 2. The van der Waals surface area contributed by atoms with Gasteiger partial charge < -0.3 is 10.6 Å². The molecule has 2 amide bonds. The first kappa shape index (κ1) is 18.0. The smallest absolute Gasteiger partial charge is 0.226 e. The van der Waals surface area contributed by atoms with Gasteiger partial charge in [-0.3, -0.25) is 9.59 Å². The Balaban J connectivity index is 2.17. The Kier molecular flexibility index (Phi) is 5.99. The van der Waals surface area contributed by atoms with Crippen molar-refractivity contribution >= 4 is 29.1 Å². The van der Waals surface area contributed by atoms with Crippen LogP contribution in [0.25, 0.3) is 0 Å². The second-order valence-electron chi connectivity index (χ2n) is 5.85. The molecule has 2 aromatic rings. The van der Waals surface area contributed by atoms with Crippen molar-refractivity contribution in [2.45, 2.75) is 33.2 Å². The minimum Gasteiger partial charge on any atom is -0.349 e. The molecule has 0 saturated carbocycles. The summed E-state index contributed by atoms with van der Waals surface area (Å²) in [7, 11) is 0. The van der Waals surface area contributed by atoms with Gasteiger partial charge in [0.2, 0.25) is 11.8 Å². The lowest BCUT2D eigenvalue weighted by molar-refractivity contribution is -0.120. The number of aryl methyl sites for hydroxylation is 2. The fourth-order valence-corrected chi connectivity index (χ4v) is 2.77. The molecule has 0 radical (unpaired) electrons. The molecule has 0 aliphatic heterocycles. The van der Waals surface area contributed by atoms with Crippen LogP contribution in [0.1, 0.15) is 36.1 Å². The summed E-state index contributed by atoms with van der Waals surface area (Å²) in [6, 6.07) is 12.6. The molecule has 2 aromatic carbocycles. The van der Waals surface area contributed by atoms with E-state index in [4.69, 9.17) is 11.6 Å². The molecule has 2 rings (SSSR count). The lowest BCUT2D eigenvalue weighted by Crippen LogP contribution is -2.30. The molecule has 4 nitrogen and oxygen atoms in total. The van der Waals surface area contributed by atoms with Crippen LogP contribution in [0, 0.1) is 13.8 Å². The van der Waals surface area contributed by atoms with Crippen LogP contribution in [0.5, 0.6) is 0 Å². The number of hydrogen-bond acceptors (Lipinski definition) is 2. The van der Waals surface area contributed by atoms with Crippen molar-refractivity contribution in [3.63, 3.8) is 0 Å². The van der Waals surface area contributed by atoms with Crippen molar-refractivity contribution in [3.8, 4) is 0 Å². The van der Waals surface area contributed by atoms with E-state index in [0.29, 0.717) is 5.02 Å². The minimum atomic E-state index is -0.471. The van der Waals surface area contributed by atoms with Gasteiger partial charge in [0.05, 0.1) is 12.5 Å². The van der Waals surface area contributed by atoms with Crippen molar-refractivity contribution < 1.29 is 9.59 Å². The molecule has 0 spiro atoms. The highest BCUT2D eigenvalue weighted by Crippen LogP contribution is 2.26. The Hall–Kier alpha value is -2.33. The molecule has 24 heavy (non-hydrogen) atoms. The van der Waals surface area contributed by atoms with E-state index in [2.05, 4.69) is 10.6 Å². The topological polar surface area (TPSA) is 58.2 Å². The van der Waals surface area contributed by atoms with Gasteiger partial charge in [-0.1, -0.05) is 41.9 Å². The molecule has 0 bridgehead atoms. The monoisotopic (exact) mass is 344 g/mol. The predicted octanol–water partition coefficient (Wildman–Crippen LogP) is 4.16. The molecule has 1 atom stereocenters. The van der Waals surface area contributed by atoms with Gasteiger partial charge >= 0.3 is 0 Å². The fraction of sp³-hybridized carbons (Fsp3) is 0.263. The van der Waals surface area contributed by atoms with E-state index in [1.54, 1.807) is 6.07 Å². The highest BCUT2D eigenvalue weighted by molar-refractivity contribution is 6.31. The summed E-state index contributed by atoms with van der Waals surface area (Å²) in [6.45, 7) is 5.33. The van der Waals surface area contributed by atoms with Crippen LogP contribution in [0.15, 0.2) is 42.5 Å². The molecule has 0 aromatic heterocycles. The Morgan fingerprint density at radius 2 is 1.83 bits per heavy atom. The van der Waals surface area contributed by atoms with Crippen LogP contribution in [0.3, 0.4) is 0 Å². The molecule has 0 heterocycles. The first-order chi connectivity index (χ1) is 11.4. The Morgan fingerprint density at radius 1 is 1.12 bits per heavy atom. The second-order valence-corrected chi connectivity index (χ2v) is 6.25. The molecular weight excluding hydrogens is 324 g/mol. The van der Waals surface area contributed by atoms with Gasteiger partial charge in [-0.2, -0.15) is 0 Å². The van der Waals surface area contributed by atoms with E-state index in [1.807, 2.05) is 50.2 Å². The van der Waals surface area contributed by atoms with Crippen LogP contribution in [0.2, 0.25) is 5.02 Å². The lowest BCUT2D eigenvalue weighted by atomic mass is 10.0. The van der Waals surface area contributed by atoms with Crippen LogP contribution >= 0.6 is 11.6 Å². The summed E-state index contributed by atoms with van der Waals surface area (Å²) in [6.07, 6.45) is 0.108. The van der Waals surface area contributed by atoms with Crippen molar-refractivity contribution in [2.24, 2.45) is 0 Å². The normalized spacial score (nSPS) is 11.7. The van der Waals surface area contributed by atoms with E-state index in [0.717, 1.165) is 22.4 Å². The minimum absolute atomic E-state index is 0.108. The molecule has 0 aliphatic carbocycles. The maximum Gasteiger partial charge on any atom is 0.226 e. The van der Waals surface area contributed by atoms with E-state index in [-0.39, 0.29) is 18.2 Å². The first-order valence-corrected chi connectivity index (χ1v) is 8.13. The standard InChI is InChI=1S/C19H21ClN2O2/c1-12-8-9-13(2)17(10-12)22-19(24)11-18(21-14(3)23)15-6-4-5-7-16(15)20/h4-10,18H,11H2,1-3H3,(H,21,23)(H,22,24). The van der Waals surface area contributed by atoms with Crippen molar-refractivity contribution in [1.82, 2.24) is 5.32 Å². The lowest BCUT2D eigenvalue weighted by Gasteiger charge is -2.19. The zero-order chi connectivity index (χ0) is 17.7. The van der Waals surface area contributed by atoms with Gasteiger partial charge in [0.15, 0.2) is 0 Å². The van der Waals surface area contributed by atoms with Gasteiger partial charge in [0.1, 0.15) is 0 Å². The Labute approximate surface area is 147 Å². The molecule has 5 heteroatoms. The Bertz CT molecular complexity index is 759. The second kappa shape index (κ2) is 7.97. The average molecular weight is 345 g/mol. The molecule has 0 aliphatic rings. The number of amides is 2.